The van der Waals surface area contributed by atoms with Crippen molar-refractivity contribution in [2.75, 3.05) is 18.8 Å². The van der Waals surface area contributed by atoms with E-state index in [-0.39, 0.29) is 5.82 Å². The lowest BCUT2D eigenvalue weighted by Gasteiger charge is -2.10. The summed E-state index contributed by atoms with van der Waals surface area (Å²) in [4.78, 5) is 8.80. The molecule has 0 radical (unpaired) electrons. The van der Waals surface area contributed by atoms with Crippen LogP contribution >= 0.6 is 11.8 Å². The van der Waals surface area contributed by atoms with E-state index in [9.17, 15) is 4.39 Å². The van der Waals surface area contributed by atoms with Crippen molar-refractivity contribution in [3.05, 3.63) is 53.0 Å². The number of hydrogen-bond acceptors (Lipinski definition) is 4. The molecule has 0 bridgehead atoms. The summed E-state index contributed by atoms with van der Waals surface area (Å²) >= 11 is 1.68. The highest BCUT2D eigenvalue weighted by atomic mass is 32.2. The molecule has 0 saturated carbocycles. The Morgan fingerprint density at radius 1 is 1.28 bits per heavy atom. The van der Waals surface area contributed by atoms with Gasteiger partial charge in [-0.05, 0) is 32.4 Å². The minimum Gasteiger partial charge on any atom is -0.444 e. The summed E-state index contributed by atoms with van der Waals surface area (Å²) in [6.07, 6.45) is 0. The summed E-state index contributed by atoms with van der Waals surface area (Å²) in [6, 6.07) is 6.89. The topological polar surface area (TPSA) is 62.5 Å². The Bertz CT molecular complexity index is 683. The molecule has 0 aliphatic heterocycles. The van der Waals surface area contributed by atoms with E-state index >= 15 is 0 Å². The molecular formula is C18H25FN4OS. The molecule has 2 N–H and O–H groups in total. The molecule has 0 fully saturated rings. The summed E-state index contributed by atoms with van der Waals surface area (Å²) in [5, 5.41) is 6.46. The van der Waals surface area contributed by atoms with Gasteiger partial charge < -0.3 is 15.1 Å². The Morgan fingerprint density at radius 3 is 2.76 bits per heavy atom. The molecule has 1 aromatic carbocycles. The Balaban J connectivity index is 1.75. The van der Waals surface area contributed by atoms with Gasteiger partial charge in [0.2, 0.25) is 5.89 Å². The first-order valence-electron chi connectivity index (χ1n) is 8.36. The van der Waals surface area contributed by atoms with Gasteiger partial charge in [-0.1, -0.05) is 18.2 Å². The SMILES string of the molecule is CCNC(=NCc1nc(C)c(C)o1)NCCSCc1ccccc1F. The van der Waals surface area contributed by atoms with Crippen LogP contribution in [0.2, 0.25) is 0 Å². The highest BCUT2D eigenvalue weighted by Crippen LogP contribution is 2.14. The van der Waals surface area contributed by atoms with Crippen molar-refractivity contribution in [2.24, 2.45) is 4.99 Å². The standard InChI is InChI=1S/C18H25FN4OS/c1-4-20-18(22-11-17-23-13(2)14(3)24-17)21-9-10-25-12-15-7-5-6-8-16(15)19/h5-8H,4,9-12H2,1-3H3,(H2,20,21,22). The normalized spacial score (nSPS) is 11.6. The van der Waals surface area contributed by atoms with Gasteiger partial charge in [0, 0.05) is 24.6 Å². The monoisotopic (exact) mass is 364 g/mol. The zero-order valence-corrected chi connectivity index (χ0v) is 15.8. The summed E-state index contributed by atoms with van der Waals surface area (Å²) < 4.78 is 19.1. The maximum absolute atomic E-state index is 13.5. The fraction of sp³-hybridized carbons (Fsp3) is 0.444. The fourth-order valence-electron chi connectivity index (χ4n) is 2.13. The lowest BCUT2D eigenvalue weighted by Crippen LogP contribution is -2.38. The second-order valence-electron chi connectivity index (χ2n) is 5.52. The van der Waals surface area contributed by atoms with E-state index in [4.69, 9.17) is 4.42 Å². The molecule has 0 amide bonds. The maximum Gasteiger partial charge on any atom is 0.216 e. The Morgan fingerprint density at radius 2 is 2.08 bits per heavy atom. The van der Waals surface area contributed by atoms with Gasteiger partial charge in [0.15, 0.2) is 5.96 Å². The van der Waals surface area contributed by atoms with Gasteiger partial charge in [0.05, 0.1) is 5.69 Å². The van der Waals surface area contributed by atoms with E-state index in [1.807, 2.05) is 32.9 Å². The smallest absolute Gasteiger partial charge is 0.216 e. The van der Waals surface area contributed by atoms with Crippen molar-refractivity contribution in [3.8, 4) is 0 Å². The summed E-state index contributed by atoms with van der Waals surface area (Å²) in [6.45, 7) is 7.75. The number of aryl methyl sites for hydroxylation is 2. The van der Waals surface area contributed by atoms with Gasteiger partial charge >= 0.3 is 0 Å². The van der Waals surface area contributed by atoms with Crippen molar-refractivity contribution in [1.29, 1.82) is 0 Å². The van der Waals surface area contributed by atoms with E-state index in [0.29, 0.717) is 18.2 Å². The van der Waals surface area contributed by atoms with Crippen LogP contribution in [0.1, 0.15) is 29.8 Å². The van der Waals surface area contributed by atoms with E-state index < -0.39 is 0 Å². The minimum atomic E-state index is -0.144. The largest absolute Gasteiger partial charge is 0.444 e. The molecule has 0 unspecified atom stereocenters. The zero-order valence-electron chi connectivity index (χ0n) is 14.9. The molecule has 5 nitrogen and oxygen atoms in total. The number of hydrogen-bond donors (Lipinski definition) is 2. The summed E-state index contributed by atoms with van der Waals surface area (Å²) in [7, 11) is 0. The van der Waals surface area contributed by atoms with Gasteiger partial charge in [-0.2, -0.15) is 11.8 Å². The lowest BCUT2D eigenvalue weighted by atomic mass is 10.2. The van der Waals surface area contributed by atoms with Crippen LogP contribution < -0.4 is 10.6 Å². The van der Waals surface area contributed by atoms with Crippen LogP contribution in [0.15, 0.2) is 33.7 Å². The third-order valence-corrected chi connectivity index (χ3v) is 4.55. The number of rotatable bonds is 8. The number of aliphatic imine (C=N–C) groups is 1. The van der Waals surface area contributed by atoms with Gasteiger partial charge in [-0.3, -0.25) is 0 Å². The summed E-state index contributed by atoms with van der Waals surface area (Å²) in [5.41, 5.74) is 1.63. The molecule has 7 heteroatoms. The molecule has 136 valence electrons. The number of guanidine groups is 1. The molecule has 2 rings (SSSR count). The number of nitrogens with zero attached hydrogens (tertiary/aromatic N) is 2. The van der Waals surface area contributed by atoms with Crippen LogP contribution in [0.5, 0.6) is 0 Å². The minimum absolute atomic E-state index is 0.144. The summed E-state index contributed by atoms with van der Waals surface area (Å²) in [5.74, 6) is 3.54. The van der Waals surface area contributed by atoms with Crippen LogP contribution in [-0.2, 0) is 12.3 Å². The average molecular weight is 364 g/mol. The lowest BCUT2D eigenvalue weighted by molar-refractivity contribution is 0.473. The van der Waals surface area contributed by atoms with Crippen LogP contribution in [0.4, 0.5) is 4.39 Å². The van der Waals surface area contributed by atoms with Crippen molar-refractivity contribution in [3.63, 3.8) is 0 Å². The van der Waals surface area contributed by atoms with Crippen molar-refractivity contribution < 1.29 is 8.81 Å². The molecule has 0 saturated heterocycles. The number of benzene rings is 1. The molecule has 0 spiro atoms. The molecular weight excluding hydrogens is 339 g/mol. The molecule has 1 aromatic heterocycles. The van der Waals surface area contributed by atoms with Gasteiger partial charge in [0.1, 0.15) is 18.1 Å². The highest BCUT2D eigenvalue weighted by Gasteiger charge is 2.05. The molecule has 0 aliphatic rings. The second kappa shape index (κ2) is 10.1. The molecule has 0 atom stereocenters. The molecule has 25 heavy (non-hydrogen) atoms. The average Bonchev–Trinajstić information content (AvgIpc) is 2.92. The first-order valence-corrected chi connectivity index (χ1v) is 9.52. The number of oxazole rings is 1. The van der Waals surface area contributed by atoms with Gasteiger partial charge in [-0.25, -0.2) is 14.4 Å². The van der Waals surface area contributed by atoms with Gasteiger partial charge in [-0.15, -0.1) is 0 Å². The first kappa shape index (κ1) is 19.3. The quantitative estimate of drug-likeness (QED) is 0.427. The molecule has 0 aliphatic carbocycles. The van der Waals surface area contributed by atoms with E-state index in [0.717, 1.165) is 41.8 Å². The molecule has 1 heterocycles. The Labute approximate surface area is 152 Å². The van der Waals surface area contributed by atoms with Crippen molar-refractivity contribution in [2.45, 2.75) is 33.1 Å². The molecule has 2 aromatic rings. The predicted octanol–water partition coefficient (Wildman–Crippen LogP) is 3.42. The van der Waals surface area contributed by atoms with Crippen LogP contribution in [0.25, 0.3) is 0 Å². The highest BCUT2D eigenvalue weighted by molar-refractivity contribution is 7.98. The van der Waals surface area contributed by atoms with Crippen LogP contribution in [0.3, 0.4) is 0 Å². The van der Waals surface area contributed by atoms with Crippen molar-refractivity contribution >= 4 is 17.7 Å². The second-order valence-corrected chi connectivity index (χ2v) is 6.62. The predicted molar refractivity (Wildman–Crippen MR) is 101 cm³/mol. The van der Waals surface area contributed by atoms with Crippen molar-refractivity contribution in [1.82, 2.24) is 15.6 Å². The van der Waals surface area contributed by atoms with E-state index in [2.05, 4.69) is 20.6 Å². The third-order valence-electron chi connectivity index (χ3n) is 3.54. The number of aromatic nitrogens is 1. The number of thioether (sulfide) groups is 1. The van der Waals surface area contributed by atoms with Crippen LogP contribution in [-0.4, -0.2) is 29.8 Å². The third kappa shape index (κ3) is 6.42. The maximum atomic E-state index is 13.5. The Kier molecular flexibility index (Phi) is 7.78. The van der Waals surface area contributed by atoms with E-state index in [1.165, 1.54) is 6.07 Å². The zero-order chi connectivity index (χ0) is 18.1. The first-order chi connectivity index (χ1) is 12.1. The van der Waals surface area contributed by atoms with E-state index in [1.54, 1.807) is 17.8 Å². The number of halogens is 1. The van der Waals surface area contributed by atoms with Gasteiger partial charge in [0.25, 0.3) is 0 Å². The fourth-order valence-corrected chi connectivity index (χ4v) is 2.98. The Hall–Kier alpha value is -2.02. The van der Waals surface area contributed by atoms with Crippen LogP contribution in [0, 0.1) is 19.7 Å². The number of nitrogens with one attached hydrogen (secondary N) is 2.